The highest BCUT2D eigenvalue weighted by molar-refractivity contribution is 5.50. The Hall–Kier alpha value is -1.40. The molecule has 0 aromatic heterocycles. The maximum Gasteiger partial charge on any atom is 0.264 e. The molecule has 2 aliphatic rings. The molecule has 1 saturated heterocycles. The van der Waals surface area contributed by atoms with Crippen molar-refractivity contribution in [1.29, 1.82) is 0 Å². The van der Waals surface area contributed by atoms with Gasteiger partial charge in [-0.05, 0) is 43.6 Å². The lowest BCUT2D eigenvalue weighted by Crippen LogP contribution is -2.21. The maximum absolute atomic E-state index is 13.3. The van der Waals surface area contributed by atoms with E-state index in [2.05, 4.69) is 4.90 Å². The summed E-state index contributed by atoms with van der Waals surface area (Å²) in [5.41, 5.74) is 6.36. The Morgan fingerprint density at radius 1 is 1.35 bits per heavy atom. The molecule has 4 nitrogen and oxygen atoms in total. The Kier molecular flexibility index (Phi) is 3.52. The van der Waals surface area contributed by atoms with Gasteiger partial charge in [0.15, 0.2) is 11.5 Å². The molecule has 2 atom stereocenters. The molecule has 2 aliphatic heterocycles. The van der Waals surface area contributed by atoms with Crippen LogP contribution < -0.4 is 15.2 Å². The molecule has 1 aromatic rings. The molecular weight excluding hydrogens is 266 g/mol. The lowest BCUT2D eigenvalue weighted by molar-refractivity contribution is 0.147. The van der Waals surface area contributed by atoms with Gasteiger partial charge in [0.05, 0.1) is 0 Å². The number of benzene rings is 1. The van der Waals surface area contributed by atoms with Crippen LogP contribution in [0, 0.1) is 5.92 Å². The lowest BCUT2D eigenvalue weighted by atomic mass is 9.95. The number of hydrogen-bond donors (Lipinski definition) is 1. The number of rotatable bonds is 3. The van der Waals surface area contributed by atoms with Gasteiger partial charge in [-0.3, -0.25) is 4.90 Å². The Balaban J connectivity index is 1.99. The van der Waals surface area contributed by atoms with Crippen LogP contribution in [-0.4, -0.2) is 31.8 Å². The predicted octanol–water partition coefficient (Wildman–Crippen LogP) is 2.30. The van der Waals surface area contributed by atoms with Crippen LogP contribution in [0.2, 0.25) is 0 Å². The van der Waals surface area contributed by atoms with Gasteiger partial charge in [0.25, 0.3) is 6.43 Å². The Morgan fingerprint density at radius 2 is 2.05 bits per heavy atom. The number of nitrogens with zero attached hydrogens (tertiary/aromatic N) is 1. The summed E-state index contributed by atoms with van der Waals surface area (Å²) in [5, 5.41) is 0. The summed E-state index contributed by atoms with van der Waals surface area (Å²) < 4.78 is 37.1. The largest absolute Gasteiger partial charge is 0.454 e. The van der Waals surface area contributed by atoms with Crippen molar-refractivity contribution in [3.8, 4) is 11.5 Å². The molecule has 1 fully saturated rings. The molecule has 20 heavy (non-hydrogen) atoms. The fourth-order valence-electron chi connectivity index (χ4n) is 3.09. The fraction of sp³-hybridized carbons (Fsp3) is 0.571. The van der Waals surface area contributed by atoms with Crippen LogP contribution in [0.3, 0.4) is 0 Å². The molecule has 6 heteroatoms. The second-order valence-electron chi connectivity index (χ2n) is 5.43. The zero-order valence-corrected chi connectivity index (χ0v) is 11.3. The van der Waals surface area contributed by atoms with Gasteiger partial charge in [-0.2, -0.15) is 0 Å². The van der Waals surface area contributed by atoms with Gasteiger partial charge in [0.1, 0.15) is 0 Å². The first-order valence-electron chi connectivity index (χ1n) is 6.72. The zero-order valence-electron chi connectivity index (χ0n) is 11.3. The van der Waals surface area contributed by atoms with Crippen LogP contribution in [0.5, 0.6) is 11.5 Å². The molecule has 0 radical (unpaired) electrons. The minimum atomic E-state index is -2.52. The van der Waals surface area contributed by atoms with Gasteiger partial charge in [0, 0.05) is 18.2 Å². The van der Waals surface area contributed by atoms with E-state index in [-0.39, 0.29) is 18.4 Å². The van der Waals surface area contributed by atoms with Crippen LogP contribution >= 0.6 is 0 Å². The summed E-state index contributed by atoms with van der Waals surface area (Å²) in [6, 6.07) is 3.07. The van der Waals surface area contributed by atoms with E-state index in [1.54, 1.807) is 6.07 Å². The third kappa shape index (κ3) is 2.23. The van der Waals surface area contributed by atoms with Crippen LogP contribution in [0.15, 0.2) is 12.1 Å². The smallest absolute Gasteiger partial charge is 0.264 e. The van der Waals surface area contributed by atoms with Gasteiger partial charge in [-0.15, -0.1) is 0 Å². The average molecular weight is 284 g/mol. The van der Waals surface area contributed by atoms with Gasteiger partial charge in [-0.1, -0.05) is 0 Å². The zero-order chi connectivity index (χ0) is 14.3. The van der Waals surface area contributed by atoms with E-state index in [1.807, 2.05) is 7.05 Å². The third-order valence-electron chi connectivity index (χ3n) is 4.14. The second-order valence-corrected chi connectivity index (χ2v) is 5.43. The molecule has 110 valence electrons. The average Bonchev–Trinajstić information content (AvgIpc) is 3.02. The van der Waals surface area contributed by atoms with E-state index in [0.29, 0.717) is 29.5 Å². The van der Waals surface area contributed by atoms with Crippen molar-refractivity contribution >= 4 is 0 Å². The van der Waals surface area contributed by atoms with Crippen molar-refractivity contribution < 1.29 is 18.3 Å². The predicted molar refractivity (Wildman–Crippen MR) is 70.1 cm³/mol. The fourth-order valence-corrected chi connectivity index (χ4v) is 3.09. The second kappa shape index (κ2) is 5.18. The van der Waals surface area contributed by atoms with Gasteiger partial charge >= 0.3 is 0 Å². The highest BCUT2D eigenvalue weighted by Gasteiger charge is 2.34. The molecular formula is C14H18F2N2O2. The minimum Gasteiger partial charge on any atom is -0.454 e. The van der Waals surface area contributed by atoms with Gasteiger partial charge in [-0.25, -0.2) is 8.78 Å². The molecule has 0 saturated carbocycles. The van der Waals surface area contributed by atoms with Crippen molar-refractivity contribution in [1.82, 2.24) is 4.90 Å². The number of ether oxygens (including phenoxy) is 2. The standard InChI is InChI=1S/C14H18F2N2O2/c1-18-6-8(5-17)2-11(18)9-3-12-13(20-7-19-12)4-10(9)14(15)16/h3-4,8,11,14H,2,5-7,17H2,1H3. The quantitative estimate of drug-likeness (QED) is 0.925. The monoisotopic (exact) mass is 284 g/mol. The van der Waals surface area contributed by atoms with E-state index in [9.17, 15) is 8.78 Å². The number of halogens is 2. The molecule has 3 rings (SSSR count). The van der Waals surface area contributed by atoms with Crippen molar-refractivity contribution in [3.05, 3.63) is 23.3 Å². The van der Waals surface area contributed by atoms with E-state index >= 15 is 0 Å². The molecule has 0 spiro atoms. The Labute approximate surface area is 116 Å². The molecule has 1 aromatic carbocycles. The first-order chi connectivity index (χ1) is 9.60. The van der Waals surface area contributed by atoms with Crippen molar-refractivity contribution in [2.24, 2.45) is 11.7 Å². The number of nitrogens with two attached hydrogens (primary N) is 1. The van der Waals surface area contributed by atoms with Gasteiger partial charge < -0.3 is 15.2 Å². The summed E-state index contributed by atoms with van der Waals surface area (Å²) in [5.74, 6) is 1.30. The normalized spacial score (nSPS) is 25.6. The van der Waals surface area contributed by atoms with Crippen molar-refractivity contribution in [2.45, 2.75) is 18.9 Å². The highest BCUT2D eigenvalue weighted by Crippen LogP contribution is 2.44. The third-order valence-corrected chi connectivity index (χ3v) is 4.14. The van der Waals surface area contributed by atoms with E-state index in [0.717, 1.165) is 13.0 Å². The molecule has 2 heterocycles. The topological polar surface area (TPSA) is 47.7 Å². The molecule has 0 amide bonds. The van der Waals surface area contributed by atoms with E-state index in [4.69, 9.17) is 15.2 Å². The first-order valence-corrected chi connectivity index (χ1v) is 6.72. The van der Waals surface area contributed by atoms with E-state index < -0.39 is 6.43 Å². The molecule has 0 bridgehead atoms. The van der Waals surface area contributed by atoms with E-state index in [1.165, 1.54) is 6.07 Å². The molecule has 2 N–H and O–H groups in total. The van der Waals surface area contributed by atoms with Crippen LogP contribution in [0.1, 0.15) is 30.0 Å². The molecule has 0 aliphatic carbocycles. The number of hydrogen-bond acceptors (Lipinski definition) is 4. The van der Waals surface area contributed by atoms with Gasteiger partial charge in [0.2, 0.25) is 6.79 Å². The Bertz CT molecular complexity index is 510. The maximum atomic E-state index is 13.3. The van der Waals surface area contributed by atoms with Crippen molar-refractivity contribution in [2.75, 3.05) is 26.9 Å². The number of likely N-dealkylation sites (tertiary alicyclic amines) is 1. The minimum absolute atomic E-state index is 0.0313. The van der Waals surface area contributed by atoms with Crippen LogP contribution in [0.4, 0.5) is 8.78 Å². The summed E-state index contributed by atoms with van der Waals surface area (Å²) in [6.07, 6.45) is -1.73. The van der Waals surface area contributed by atoms with Crippen LogP contribution in [-0.2, 0) is 0 Å². The van der Waals surface area contributed by atoms with Crippen LogP contribution in [0.25, 0.3) is 0 Å². The number of fused-ring (bicyclic) bond motifs is 1. The Morgan fingerprint density at radius 3 is 2.65 bits per heavy atom. The lowest BCUT2D eigenvalue weighted by Gasteiger charge is -2.22. The number of alkyl halides is 2. The highest BCUT2D eigenvalue weighted by atomic mass is 19.3. The summed E-state index contributed by atoms with van der Waals surface area (Å²) >= 11 is 0. The first kappa shape index (κ1) is 13.6. The SMILES string of the molecule is CN1CC(CN)CC1c1cc2c(cc1C(F)F)OCO2. The summed E-state index contributed by atoms with van der Waals surface area (Å²) in [6.45, 7) is 1.50. The molecule has 2 unspecified atom stereocenters. The van der Waals surface area contributed by atoms with Crippen molar-refractivity contribution in [3.63, 3.8) is 0 Å². The summed E-state index contributed by atoms with van der Waals surface area (Å²) in [7, 11) is 1.94. The summed E-state index contributed by atoms with van der Waals surface area (Å²) in [4.78, 5) is 2.08.